The Balaban J connectivity index is 1.96. The summed E-state index contributed by atoms with van der Waals surface area (Å²) in [6.07, 6.45) is 2.70. The Morgan fingerprint density at radius 2 is 1.97 bits per heavy atom. The minimum atomic E-state index is -3.00. The highest BCUT2D eigenvalue weighted by molar-refractivity contribution is 7.91. The first-order chi connectivity index (χ1) is 13.7. The van der Waals surface area contributed by atoms with E-state index < -0.39 is 9.84 Å². The van der Waals surface area contributed by atoms with Crippen molar-refractivity contribution in [3.63, 3.8) is 0 Å². The van der Waals surface area contributed by atoms with Gasteiger partial charge in [-0.1, -0.05) is 29.3 Å². The van der Waals surface area contributed by atoms with Crippen LogP contribution in [0.15, 0.2) is 24.4 Å². The highest BCUT2D eigenvalue weighted by Gasteiger charge is 2.29. The molecule has 6 nitrogen and oxygen atoms in total. The standard InChI is InChI=1S/C20H21Cl2N3O3S/c1-11-15(9-23)18(14-3-2-12(21)8-16(14)22)19-17(24-11)10-25(20(19)26)13-4-6-29(27,28)7-5-13/h2-3,8,10,13,26H,4-7,9,23H2,1H3. The topological polar surface area (TPSA) is 98.2 Å². The lowest BCUT2D eigenvalue weighted by molar-refractivity contribution is 0.367. The van der Waals surface area contributed by atoms with Gasteiger partial charge in [0.2, 0.25) is 5.88 Å². The van der Waals surface area contributed by atoms with Crippen LogP contribution in [0.3, 0.4) is 0 Å². The van der Waals surface area contributed by atoms with Crippen LogP contribution >= 0.6 is 23.2 Å². The molecule has 0 saturated carbocycles. The first-order valence-corrected chi connectivity index (χ1v) is 11.9. The van der Waals surface area contributed by atoms with Crippen LogP contribution in [0, 0.1) is 6.92 Å². The number of hydrogen-bond donors (Lipinski definition) is 2. The third-order valence-electron chi connectivity index (χ3n) is 5.58. The fourth-order valence-electron chi connectivity index (χ4n) is 4.08. The van der Waals surface area contributed by atoms with E-state index in [2.05, 4.69) is 4.98 Å². The normalized spacial score (nSPS) is 17.1. The van der Waals surface area contributed by atoms with Crippen LogP contribution in [0.4, 0.5) is 0 Å². The van der Waals surface area contributed by atoms with Crippen molar-refractivity contribution >= 4 is 43.9 Å². The predicted octanol–water partition coefficient (Wildman–Crippen LogP) is 4.23. The molecule has 3 heterocycles. The number of aromatic hydroxyl groups is 1. The lowest BCUT2D eigenvalue weighted by Gasteiger charge is -2.24. The van der Waals surface area contributed by atoms with Crippen LogP contribution in [0.5, 0.6) is 5.88 Å². The van der Waals surface area contributed by atoms with Gasteiger partial charge in [0, 0.05) is 45.6 Å². The van der Waals surface area contributed by atoms with E-state index in [0.717, 1.165) is 16.8 Å². The molecule has 4 rings (SSSR count). The molecular formula is C20H21Cl2N3O3S. The van der Waals surface area contributed by atoms with Gasteiger partial charge in [-0.3, -0.25) is 4.98 Å². The van der Waals surface area contributed by atoms with Gasteiger partial charge >= 0.3 is 0 Å². The highest BCUT2D eigenvalue weighted by Crippen LogP contribution is 2.44. The van der Waals surface area contributed by atoms with Crippen LogP contribution in [-0.4, -0.2) is 34.6 Å². The number of benzene rings is 1. The van der Waals surface area contributed by atoms with Crippen LogP contribution in [0.1, 0.15) is 30.1 Å². The van der Waals surface area contributed by atoms with Crippen LogP contribution < -0.4 is 5.73 Å². The van der Waals surface area contributed by atoms with Gasteiger partial charge in [0.05, 0.1) is 22.4 Å². The molecule has 154 valence electrons. The van der Waals surface area contributed by atoms with Crippen LogP contribution in [-0.2, 0) is 16.4 Å². The molecule has 29 heavy (non-hydrogen) atoms. The molecule has 1 aliphatic rings. The van der Waals surface area contributed by atoms with Crippen LogP contribution in [0.2, 0.25) is 10.0 Å². The summed E-state index contributed by atoms with van der Waals surface area (Å²) in [5.41, 5.74) is 9.64. The molecular weight excluding hydrogens is 433 g/mol. The van der Waals surface area contributed by atoms with Crippen molar-refractivity contribution in [1.82, 2.24) is 9.55 Å². The van der Waals surface area contributed by atoms with Gasteiger partial charge in [-0.25, -0.2) is 8.42 Å². The van der Waals surface area contributed by atoms with Gasteiger partial charge in [0.1, 0.15) is 9.84 Å². The molecule has 0 bridgehead atoms. The van der Waals surface area contributed by atoms with E-state index in [1.54, 1.807) is 22.9 Å². The third kappa shape index (κ3) is 3.61. The Bertz CT molecular complexity index is 1210. The number of nitrogens with two attached hydrogens (primary N) is 1. The number of halogens is 2. The summed E-state index contributed by atoms with van der Waals surface area (Å²) in [7, 11) is -3.00. The minimum absolute atomic E-state index is 0.0486. The maximum atomic E-state index is 11.8. The van der Waals surface area contributed by atoms with E-state index in [-0.39, 0.29) is 30.0 Å². The smallest absolute Gasteiger partial charge is 0.201 e. The van der Waals surface area contributed by atoms with Crippen molar-refractivity contribution < 1.29 is 13.5 Å². The molecule has 0 spiro atoms. The fourth-order valence-corrected chi connectivity index (χ4v) is 6.05. The fraction of sp³-hybridized carbons (Fsp3) is 0.350. The molecule has 0 atom stereocenters. The molecule has 0 aliphatic carbocycles. The summed E-state index contributed by atoms with van der Waals surface area (Å²) in [6, 6.07) is 5.09. The lowest BCUT2D eigenvalue weighted by atomic mass is 9.95. The summed E-state index contributed by atoms with van der Waals surface area (Å²) in [5, 5.41) is 12.7. The number of aromatic nitrogens is 2. The average Bonchev–Trinajstić information content (AvgIpc) is 2.97. The number of rotatable bonds is 3. The molecule has 3 N–H and O–H groups in total. The van der Waals surface area contributed by atoms with Crippen molar-refractivity contribution in [2.75, 3.05) is 11.5 Å². The Morgan fingerprint density at radius 1 is 1.28 bits per heavy atom. The first kappa shape index (κ1) is 20.5. The molecule has 9 heteroatoms. The molecule has 3 aromatic rings. The second-order valence-corrected chi connectivity index (χ2v) is 10.5. The van der Waals surface area contributed by atoms with Gasteiger partial charge in [-0.15, -0.1) is 0 Å². The second-order valence-electron chi connectivity index (χ2n) is 7.38. The summed E-state index contributed by atoms with van der Waals surface area (Å²) in [5.74, 6) is 0.275. The molecule has 2 aromatic heterocycles. The molecule has 1 aliphatic heterocycles. The van der Waals surface area contributed by atoms with E-state index >= 15 is 0 Å². The Morgan fingerprint density at radius 3 is 2.59 bits per heavy atom. The zero-order valence-corrected chi connectivity index (χ0v) is 18.2. The van der Waals surface area contributed by atoms with E-state index in [4.69, 9.17) is 28.9 Å². The average molecular weight is 454 g/mol. The number of aryl methyl sites for hydroxylation is 1. The van der Waals surface area contributed by atoms with E-state index in [0.29, 0.717) is 39.4 Å². The first-order valence-electron chi connectivity index (χ1n) is 9.30. The predicted molar refractivity (Wildman–Crippen MR) is 116 cm³/mol. The Hall–Kier alpha value is -1.80. The molecule has 0 unspecified atom stereocenters. The highest BCUT2D eigenvalue weighted by atomic mass is 35.5. The van der Waals surface area contributed by atoms with Gasteiger partial charge < -0.3 is 15.4 Å². The van der Waals surface area contributed by atoms with Gasteiger partial charge in [-0.2, -0.15) is 0 Å². The molecule has 0 amide bonds. The molecule has 1 fully saturated rings. The number of sulfone groups is 1. The Kier molecular flexibility index (Phi) is 5.27. The lowest BCUT2D eigenvalue weighted by Crippen LogP contribution is -2.25. The summed E-state index contributed by atoms with van der Waals surface area (Å²) in [4.78, 5) is 4.64. The van der Waals surface area contributed by atoms with Crippen molar-refractivity contribution in [3.8, 4) is 17.0 Å². The zero-order chi connectivity index (χ0) is 20.9. The van der Waals surface area contributed by atoms with E-state index in [1.807, 2.05) is 13.0 Å². The largest absolute Gasteiger partial charge is 0.494 e. The van der Waals surface area contributed by atoms with E-state index in [1.165, 1.54) is 0 Å². The minimum Gasteiger partial charge on any atom is -0.494 e. The maximum Gasteiger partial charge on any atom is 0.201 e. The van der Waals surface area contributed by atoms with Crippen LogP contribution in [0.25, 0.3) is 22.0 Å². The summed E-state index contributed by atoms with van der Waals surface area (Å²) in [6.45, 7) is 2.10. The third-order valence-corrected chi connectivity index (χ3v) is 7.85. The molecule has 0 radical (unpaired) electrons. The van der Waals surface area contributed by atoms with Crippen molar-refractivity contribution in [1.29, 1.82) is 0 Å². The number of fused-ring (bicyclic) bond motifs is 1. The van der Waals surface area contributed by atoms with Crippen molar-refractivity contribution in [3.05, 3.63) is 45.7 Å². The SMILES string of the molecule is Cc1nc2cn(C3CCS(=O)(=O)CC3)c(O)c2c(-c2ccc(Cl)cc2Cl)c1CN. The molecule has 1 saturated heterocycles. The summed E-state index contributed by atoms with van der Waals surface area (Å²) < 4.78 is 25.3. The number of hydrogen-bond acceptors (Lipinski definition) is 5. The van der Waals surface area contributed by atoms with Crippen molar-refractivity contribution in [2.45, 2.75) is 32.4 Å². The van der Waals surface area contributed by atoms with Gasteiger partial charge in [-0.05, 0) is 37.5 Å². The monoisotopic (exact) mass is 453 g/mol. The Labute approximate surface area is 179 Å². The van der Waals surface area contributed by atoms with Gasteiger partial charge in [0.15, 0.2) is 0 Å². The summed E-state index contributed by atoms with van der Waals surface area (Å²) >= 11 is 12.5. The van der Waals surface area contributed by atoms with Crippen molar-refractivity contribution in [2.24, 2.45) is 5.73 Å². The number of pyridine rings is 1. The maximum absolute atomic E-state index is 11.8. The second kappa shape index (κ2) is 7.47. The van der Waals surface area contributed by atoms with E-state index in [9.17, 15) is 13.5 Å². The molecule has 1 aromatic carbocycles. The van der Waals surface area contributed by atoms with Gasteiger partial charge in [0.25, 0.3) is 0 Å². The number of nitrogens with zero attached hydrogens (tertiary/aromatic N) is 2. The zero-order valence-electron chi connectivity index (χ0n) is 15.8. The quantitative estimate of drug-likeness (QED) is 0.617.